The molecule has 4 amide bonds. The van der Waals surface area contributed by atoms with E-state index >= 15 is 0 Å². The Balaban J connectivity index is 1.43. The predicted molar refractivity (Wildman–Crippen MR) is 156 cm³/mol. The third kappa shape index (κ3) is 7.77. The molecule has 2 unspecified atom stereocenters. The molecule has 0 aliphatic carbocycles. The molecule has 0 bridgehead atoms. The first kappa shape index (κ1) is 29.9. The van der Waals surface area contributed by atoms with Gasteiger partial charge in [0.05, 0.1) is 0 Å². The second-order valence-corrected chi connectivity index (χ2v) is 10.5. The van der Waals surface area contributed by atoms with Crippen LogP contribution < -0.4 is 16.4 Å². The van der Waals surface area contributed by atoms with Crippen LogP contribution in [0.1, 0.15) is 35.2 Å². The lowest BCUT2D eigenvalue weighted by atomic mass is 10.0. The number of halogens is 1. The van der Waals surface area contributed by atoms with E-state index in [9.17, 15) is 24.3 Å². The number of rotatable bonds is 11. The number of para-hydroxylation sites is 1. The van der Waals surface area contributed by atoms with Crippen LogP contribution in [0, 0.1) is 0 Å². The Morgan fingerprint density at radius 2 is 1.61 bits per heavy atom. The third-order valence-electron chi connectivity index (χ3n) is 7.22. The van der Waals surface area contributed by atoms with Gasteiger partial charge in [0.2, 0.25) is 5.91 Å². The summed E-state index contributed by atoms with van der Waals surface area (Å²) in [5.41, 5.74) is 7.75. The van der Waals surface area contributed by atoms with Crippen molar-refractivity contribution < 1.29 is 24.3 Å². The molecule has 3 aromatic rings. The SMILES string of the molecule is NCCCCC(NC(=O)C(Cc1c[nH]c2ccccc12)NC(=O)N1CCN(C(=O)c2ccc(Cl)cc2)CC1)C(=O)O. The lowest BCUT2D eigenvalue weighted by Gasteiger charge is -2.35. The minimum atomic E-state index is -1.14. The van der Waals surface area contributed by atoms with Gasteiger partial charge >= 0.3 is 12.0 Å². The summed E-state index contributed by atoms with van der Waals surface area (Å²) in [6.45, 7) is 1.65. The van der Waals surface area contributed by atoms with Gasteiger partial charge in [-0.2, -0.15) is 0 Å². The van der Waals surface area contributed by atoms with Gasteiger partial charge in [-0.05, 0) is 61.7 Å². The predicted octanol–water partition coefficient (Wildman–Crippen LogP) is 2.60. The average molecular weight is 583 g/mol. The van der Waals surface area contributed by atoms with Crippen molar-refractivity contribution in [3.8, 4) is 0 Å². The molecule has 2 atom stereocenters. The number of unbranched alkanes of at least 4 members (excludes halogenated alkanes) is 1. The number of benzene rings is 2. The minimum absolute atomic E-state index is 0.146. The lowest BCUT2D eigenvalue weighted by Crippen LogP contribution is -2.58. The molecule has 1 aliphatic rings. The third-order valence-corrected chi connectivity index (χ3v) is 7.47. The fourth-order valence-electron chi connectivity index (χ4n) is 4.88. The first-order valence-corrected chi connectivity index (χ1v) is 14.0. The number of aromatic amines is 1. The Morgan fingerprint density at radius 1 is 0.927 bits per heavy atom. The van der Waals surface area contributed by atoms with Gasteiger partial charge in [-0.25, -0.2) is 9.59 Å². The molecule has 2 heterocycles. The number of carbonyl (C=O) groups excluding carboxylic acids is 3. The molecule has 0 spiro atoms. The van der Waals surface area contributed by atoms with Crippen molar-refractivity contribution in [3.05, 3.63) is 70.9 Å². The normalized spacial score (nSPS) is 14.9. The minimum Gasteiger partial charge on any atom is -0.480 e. The van der Waals surface area contributed by atoms with Crippen LogP contribution in [0.5, 0.6) is 0 Å². The zero-order chi connectivity index (χ0) is 29.4. The highest BCUT2D eigenvalue weighted by molar-refractivity contribution is 6.30. The van der Waals surface area contributed by atoms with Gasteiger partial charge in [-0.3, -0.25) is 9.59 Å². The van der Waals surface area contributed by atoms with Gasteiger partial charge in [0, 0.05) is 60.3 Å². The maximum absolute atomic E-state index is 13.4. The summed E-state index contributed by atoms with van der Waals surface area (Å²) in [5, 5.41) is 16.5. The topological polar surface area (TPSA) is 161 Å². The highest BCUT2D eigenvalue weighted by atomic mass is 35.5. The Bertz CT molecular complexity index is 1370. The van der Waals surface area contributed by atoms with Crippen molar-refractivity contribution in [1.82, 2.24) is 25.4 Å². The number of nitrogens with zero attached hydrogens (tertiary/aromatic N) is 2. The zero-order valence-corrected chi connectivity index (χ0v) is 23.4. The summed E-state index contributed by atoms with van der Waals surface area (Å²) in [6, 6.07) is 11.7. The largest absolute Gasteiger partial charge is 0.480 e. The first-order valence-electron chi connectivity index (χ1n) is 13.7. The maximum atomic E-state index is 13.4. The summed E-state index contributed by atoms with van der Waals surface area (Å²) in [5.74, 6) is -1.87. The second-order valence-electron chi connectivity index (χ2n) is 10.0. The van der Waals surface area contributed by atoms with Crippen LogP contribution in [-0.2, 0) is 16.0 Å². The van der Waals surface area contributed by atoms with Crippen LogP contribution >= 0.6 is 11.6 Å². The summed E-state index contributed by atoms with van der Waals surface area (Å²) < 4.78 is 0. The molecule has 218 valence electrons. The second kappa shape index (κ2) is 14.0. The maximum Gasteiger partial charge on any atom is 0.326 e. The molecule has 0 saturated carbocycles. The molecular weight excluding hydrogens is 548 g/mol. The van der Waals surface area contributed by atoms with E-state index in [1.807, 2.05) is 24.3 Å². The Hall–Kier alpha value is -4.09. The summed E-state index contributed by atoms with van der Waals surface area (Å²) in [6.07, 6.45) is 3.36. The molecule has 41 heavy (non-hydrogen) atoms. The smallest absolute Gasteiger partial charge is 0.326 e. The fourth-order valence-corrected chi connectivity index (χ4v) is 5.01. The van der Waals surface area contributed by atoms with Gasteiger partial charge in [0.15, 0.2) is 0 Å². The van der Waals surface area contributed by atoms with Crippen molar-refractivity contribution in [2.24, 2.45) is 5.73 Å². The Kier molecular flexibility index (Phi) is 10.2. The monoisotopic (exact) mass is 582 g/mol. The average Bonchev–Trinajstić information content (AvgIpc) is 3.39. The number of piperazine rings is 1. The van der Waals surface area contributed by atoms with E-state index in [1.54, 1.807) is 40.3 Å². The van der Waals surface area contributed by atoms with Crippen molar-refractivity contribution in [3.63, 3.8) is 0 Å². The Labute approximate surface area is 243 Å². The van der Waals surface area contributed by atoms with Crippen LogP contribution in [0.3, 0.4) is 0 Å². The first-order chi connectivity index (χ1) is 19.8. The zero-order valence-electron chi connectivity index (χ0n) is 22.6. The van der Waals surface area contributed by atoms with Gasteiger partial charge in [-0.1, -0.05) is 29.8 Å². The van der Waals surface area contributed by atoms with Gasteiger partial charge in [0.1, 0.15) is 12.1 Å². The standard InChI is InChI=1S/C29H35ClN6O5/c30-21-10-8-19(9-11-21)27(38)35-13-15-36(16-14-35)29(41)34-25(17-20-18-32-23-6-2-1-5-22(20)23)26(37)33-24(28(39)40)7-3-4-12-31/h1-2,5-6,8-11,18,24-25,32H,3-4,7,12-17,31H2,(H,33,37)(H,34,41)(H,39,40). The molecule has 12 heteroatoms. The highest BCUT2D eigenvalue weighted by Gasteiger charge is 2.30. The van der Waals surface area contributed by atoms with E-state index in [-0.39, 0.29) is 31.8 Å². The number of urea groups is 1. The van der Waals surface area contributed by atoms with Crippen molar-refractivity contribution >= 4 is 46.3 Å². The lowest BCUT2D eigenvalue weighted by molar-refractivity contribution is -0.142. The quantitative estimate of drug-likeness (QED) is 0.218. The van der Waals surface area contributed by atoms with Crippen LogP contribution in [-0.4, -0.2) is 88.5 Å². The van der Waals surface area contributed by atoms with Crippen molar-refractivity contribution in [2.75, 3.05) is 32.7 Å². The number of carboxylic acids is 1. The molecule has 1 fully saturated rings. The van der Waals surface area contributed by atoms with Gasteiger partial charge in [0.25, 0.3) is 5.91 Å². The summed E-state index contributed by atoms with van der Waals surface area (Å²) in [4.78, 5) is 57.8. The number of carbonyl (C=O) groups is 4. The summed E-state index contributed by atoms with van der Waals surface area (Å²) >= 11 is 5.92. The molecule has 4 rings (SSSR count). The van der Waals surface area contributed by atoms with Crippen LogP contribution in [0.15, 0.2) is 54.7 Å². The summed E-state index contributed by atoms with van der Waals surface area (Å²) in [7, 11) is 0. The number of hydrogen-bond donors (Lipinski definition) is 5. The molecule has 0 radical (unpaired) electrons. The van der Waals surface area contributed by atoms with E-state index < -0.39 is 30.0 Å². The number of H-pyrrole nitrogens is 1. The molecule has 1 aromatic heterocycles. The van der Waals surface area contributed by atoms with Crippen LogP contribution in [0.2, 0.25) is 5.02 Å². The molecular formula is C29H35ClN6O5. The van der Waals surface area contributed by atoms with E-state index in [0.29, 0.717) is 43.1 Å². The number of nitrogens with two attached hydrogens (primary N) is 1. The van der Waals surface area contributed by atoms with Gasteiger partial charge < -0.3 is 36.3 Å². The number of hydrogen-bond acceptors (Lipinski definition) is 5. The van der Waals surface area contributed by atoms with Crippen LogP contribution in [0.4, 0.5) is 4.79 Å². The number of fused-ring (bicyclic) bond motifs is 1. The number of aliphatic carboxylic acids is 1. The molecule has 6 N–H and O–H groups in total. The number of amides is 4. The van der Waals surface area contributed by atoms with Gasteiger partial charge in [-0.15, -0.1) is 0 Å². The van der Waals surface area contributed by atoms with Crippen molar-refractivity contribution in [2.45, 2.75) is 37.8 Å². The molecule has 11 nitrogen and oxygen atoms in total. The Morgan fingerprint density at radius 3 is 2.29 bits per heavy atom. The van der Waals surface area contributed by atoms with E-state index in [1.165, 1.54) is 0 Å². The fraction of sp³-hybridized carbons (Fsp3) is 0.379. The van der Waals surface area contributed by atoms with E-state index in [2.05, 4.69) is 15.6 Å². The molecule has 1 aliphatic heterocycles. The van der Waals surface area contributed by atoms with E-state index in [0.717, 1.165) is 16.5 Å². The number of nitrogens with one attached hydrogen (secondary N) is 3. The molecule has 1 saturated heterocycles. The van der Waals surface area contributed by atoms with Crippen LogP contribution in [0.25, 0.3) is 10.9 Å². The number of carboxylic acid groups (broad SMARTS) is 1. The molecule has 2 aromatic carbocycles. The van der Waals surface area contributed by atoms with Crippen molar-refractivity contribution in [1.29, 1.82) is 0 Å². The highest BCUT2D eigenvalue weighted by Crippen LogP contribution is 2.20. The number of aromatic nitrogens is 1. The van der Waals surface area contributed by atoms with E-state index in [4.69, 9.17) is 17.3 Å².